The van der Waals surface area contributed by atoms with Crippen molar-refractivity contribution in [1.82, 2.24) is 15.0 Å². The van der Waals surface area contributed by atoms with E-state index in [1.165, 1.54) is 29.8 Å². The smallest absolute Gasteiger partial charge is 0.308 e. The molecule has 0 spiro atoms. The van der Waals surface area contributed by atoms with Crippen molar-refractivity contribution in [3.8, 4) is 22.4 Å². The predicted molar refractivity (Wildman–Crippen MR) is 130 cm³/mol. The van der Waals surface area contributed by atoms with Crippen molar-refractivity contribution < 1.29 is 18.0 Å². The lowest BCUT2D eigenvalue weighted by molar-refractivity contribution is -0.137. The van der Waals surface area contributed by atoms with Crippen LogP contribution in [0, 0.1) is 0 Å². The average Bonchev–Trinajstić information content (AvgIpc) is 3.29. The topological polar surface area (TPSA) is 79.8 Å². The zero-order valence-corrected chi connectivity index (χ0v) is 18.7. The van der Waals surface area contributed by atoms with Crippen LogP contribution < -0.4 is 10.6 Å². The number of nitrogens with zero attached hydrogens (tertiary/aromatic N) is 3. The van der Waals surface area contributed by atoms with E-state index in [1.54, 1.807) is 30.6 Å². The zero-order chi connectivity index (χ0) is 24.4. The number of benzene rings is 2. The third kappa shape index (κ3) is 4.82. The molecule has 0 bridgehead atoms. The summed E-state index contributed by atoms with van der Waals surface area (Å²) in [6.07, 6.45) is 0.429. The highest BCUT2D eigenvalue weighted by Gasteiger charge is 2.30. The van der Waals surface area contributed by atoms with E-state index in [9.17, 15) is 18.0 Å². The number of urea groups is 1. The minimum atomic E-state index is -4.50. The summed E-state index contributed by atoms with van der Waals surface area (Å²) in [7, 11) is 0. The molecule has 0 aliphatic rings. The van der Waals surface area contributed by atoms with Gasteiger partial charge < -0.3 is 10.6 Å². The molecule has 0 saturated carbocycles. The number of carbonyl (C=O) groups excluding carboxylic acids is 1. The Morgan fingerprint density at radius 2 is 1.57 bits per heavy atom. The number of nitrogens with one attached hydrogen (secondary N) is 2. The number of aromatic nitrogens is 3. The van der Waals surface area contributed by atoms with Crippen LogP contribution in [0.2, 0.25) is 0 Å². The maximum atomic E-state index is 12.9. The quantitative estimate of drug-likeness (QED) is 0.281. The van der Waals surface area contributed by atoms with Crippen LogP contribution in [0.5, 0.6) is 0 Å². The summed E-state index contributed by atoms with van der Waals surface area (Å²) < 4.78 is 38.8. The van der Waals surface area contributed by atoms with Gasteiger partial charge in [0.05, 0.1) is 11.3 Å². The fourth-order valence-electron chi connectivity index (χ4n) is 3.65. The Hall–Kier alpha value is -4.31. The maximum absolute atomic E-state index is 12.9. The molecule has 2 aromatic carbocycles. The van der Waals surface area contributed by atoms with Gasteiger partial charge in [-0.15, -0.1) is 11.3 Å². The van der Waals surface area contributed by atoms with Crippen LogP contribution in [0.3, 0.4) is 0 Å². The van der Waals surface area contributed by atoms with Crippen molar-refractivity contribution in [3.63, 3.8) is 0 Å². The summed E-state index contributed by atoms with van der Waals surface area (Å²) in [5, 5.41) is 8.01. The van der Waals surface area contributed by atoms with Crippen LogP contribution in [0.25, 0.3) is 32.6 Å². The lowest BCUT2D eigenvalue weighted by Crippen LogP contribution is -2.19. The highest BCUT2D eigenvalue weighted by atomic mass is 32.1. The molecule has 10 heteroatoms. The van der Waals surface area contributed by atoms with E-state index in [1.807, 2.05) is 23.6 Å². The number of rotatable bonds is 4. The monoisotopic (exact) mass is 491 g/mol. The molecule has 2 amide bonds. The molecule has 0 unspecified atom stereocenters. The number of pyridine rings is 1. The molecular formula is C25H16F3N5OS. The first-order valence-electron chi connectivity index (χ1n) is 10.4. The molecule has 0 aliphatic heterocycles. The lowest BCUT2D eigenvalue weighted by Gasteiger charge is -2.12. The molecule has 0 fully saturated rings. The number of thiophene rings is 1. The normalized spacial score (nSPS) is 11.4. The summed E-state index contributed by atoms with van der Waals surface area (Å²) >= 11 is 1.51. The van der Waals surface area contributed by atoms with Crippen LogP contribution in [0.4, 0.5) is 29.3 Å². The molecule has 6 nitrogen and oxygen atoms in total. The number of fused-ring (bicyclic) bond motifs is 1. The highest BCUT2D eigenvalue weighted by molar-refractivity contribution is 7.17. The van der Waals surface area contributed by atoms with Gasteiger partial charge in [0.15, 0.2) is 0 Å². The van der Waals surface area contributed by atoms with Gasteiger partial charge in [0.25, 0.3) is 0 Å². The summed E-state index contributed by atoms with van der Waals surface area (Å²) in [5.74, 6) is 0. The fourth-order valence-corrected chi connectivity index (χ4v) is 4.56. The van der Waals surface area contributed by atoms with E-state index in [4.69, 9.17) is 0 Å². The van der Waals surface area contributed by atoms with Crippen molar-refractivity contribution in [1.29, 1.82) is 0 Å². The van der Waals surface area contributed by atoms with Gasteiger partial charge in [-0.25, -0.2) is 14.8 Å². The standard InChI is InChI=1S/C25H16F3N5OS/c26-25(27,28)17-4-2-6-19(12-17)33-24(34)32-18-5-1-3-16(11-18)22-21-20(15-7-9-29-10-8-15)13-35-23(21)31-14-30-22/h1-14H,(H2,32,33,34). The SMILES string of the molecule is O=C(Nc1cccc(-c2ncnc3scc(-c4ccncc4)c23)c1)Nc1cccc(C(F)(F)F)c1. The van der Waals surface area contributed by atoms with Gasteiger partial charge >= 0.3 is 12.2 Å². The largest absolute Gasteiger partial charge is 0.416 e. The summed E-state index contributed by atoms with van der Waals surface area (Å²) in [6.45, 7) is 0. The van der Waals surface area contributed by atoms with E-state index in [0.29, 0.717) is 11.4 Å². The Morgan fingerprint density at radius 3 is 2.31 bits per heavy atom. The van der Waals surface area contributed by atoms with Gasteiger partial charge in [-0.1, -0.05) is 18.2 Å². The number of carbonyl (C=O) groups is 1. The Balaban J connectivity index is 1.42. The predicted octanol–water partition coefficient (Wildman–Crippen LogP) is 7.08. The molecule has 2 N–H and O–H groups in total. The van der Waals surface area contributed by atoms with Crippen molar-refractivity contribution in [2.24, 2.45) is 0 Å². The second-order valence-corrected chi connectivity index (χ2v) is 8.38. The van der Waals surface area contributed by atoms with Crippen LogP contribution in [-0.2, 0) is 6.18 Å². The molecule has 0 radical (unpaired) electrons. The summed E-state index contributed by atoms with van der Waals surface area (Å²) in [4.78, 5) is 26.3. The second kappa shape index (κ2) is 9.15. The van der Waals surface area contributed by atoms with Gasteiger partial charge in [0.1, 0.15) is 11.2 Å². The van der Waals surface area contributed by atoms with E-state index in [-0.39, 0.29) is 5.69 Å². The molecule has 35 heavy (non-hydrogen) atoms. The van der Waals surface area contributed by atoms with E-state index < -0.39 is 17.8 Å². The van der Waals surface area contributed by atoms with E-state index in [0.717, 1.165) is 39.0 Å². The van der Waals surface area contributed by atoms with Crippen molar-refractivity contribution >= 4 is 39.0 Å². The number of anilines is 2. The number of hydrogen-bond donors (Lipinski definition) is 2. The lowest BCUT2D eigenvalue weighted by atomic mass is 10.0. The minimum absolute atomic E-state index is 0.0336. The minimum Gasteiger partial charge on any atom is -0.308 e. The molecule has 0 aliphatic carbocycles. The fraction of sp³-hybridized carbons (Fsp3) is 0.0400. The number of halogens is 3. The third-order valence-electron chi connectivity index (χ3n) is 5.20. The Labute approximate surface area is 201 Å². The molecule has 0 atom stereocenters. The Morgan fingerprint density at radius 1 is 0.857 bits per heavy atom. The molecule has 3 aromatic heterocycles. The van der Waals surface area contributed by atoms with Crippen LogP contribution in [-0.4, -0.2) is 21.0 Å². The van der Waals surface area contributed by atoms with Crippen LogP contribution in [0.15, 0.2) is 84.8 Å². The molecule has 174 valence electrons. The molecule has 3 heterocycles. The molecule has 5 rings (SSSR count). The van der Waals surface area contributed by atoms with Crippen LogP contribution in [0.1, 0.15) is 5.56 Å². The van der Waals surface area contributed by atoms with Gasteiger partial charge in [0, 0.05) is 45.7 Å². The Bertz CT molecular complexity index is 1520. The second-order valence-electron chi connectivity index (χ2n) is 7.53. The average molecular weight is 491 g/mol. The third-order valence-corrected chi connectivity index (χ3v) is 6.09. The van der Waals surface area contributed by atoms with E-state index >= 15 is 0 Å². The van der Waals surface area contributed by atoms with Gasteiger partial charge in [0.2, 0.25) is 0 Å². The zero-order valence-electron chi connectivity index (χ0n) is 17.9. The summed E-state index contributed by atoms with van der Waals surface area (Å²) in [5.41, 5.74) is 3.06. The van der Waals surface area contributed by atoms with Gasteiger partial charge in [-0.3, -0.25) is 4.98 Å². The van der Waals surface area contributed by atoms with Crippen molar-refractivity contribution in [2.45, 2.75) is 6.18 Å². The number of alkyl halides is 3. The van der Waals surface area contributed by atoms with E-state index in [2.05, 4.69) is 25.6 Å². The van der Waals surface area contributed by atoms with Crippen molar-refractivity contribution in [2.75, 3.05) is 10.6 Å². The highest BCUT2D eigenvalue weighted by Crippen LogP contribution is 2.38. The number of hydrogen-bond acceptors (Lipinski definition) is 5. The van der Waals surface area contributed by atoms with Gasteiger partial charge in [-0.05, 0) is 48.0 Å². The first kappa shape index (κ1) is 22.5. The van der Waals surface area contributed by atoms with Gasteiger partial charge in [-0.2, -0.15) is 13.2 Å². The van der Waals surface area contributed by atoms with Crippen molar-refractivity contribution in [3.05, 3.63) is 90.3 Å². The molecule has 0 saturated heterocycles. The summed E-state index contributed by atoms with van der Waals surface area (Å²) in [6, 6.07) is 14.7. The maximum Gasteiger partial charge on any atom is 0.416 e. The molecule has 5 aromatic rings. The van der Waals surface area contributed by atoms with Crippen LogP contribution >= 0.6 is 11.3 Å². The first-order chi connectivity index (χ1) is 16.9. The number of amides is 2. The molecular weight excluding hydrogens is 475 g/mol. The first-order valence-corrected chi connectivity index (χ1v) is 11.2. The Kier molecular flexibility index (Phi) is 5.87.